The molecule has 6 nitrogen and oxygen atoms in total. The lowest BCUT2D eigenvalue weighted by Crippen LogP contribution is -2.26. The van der Waals surface area contributed by atoms with E-state index in [1.165, 1.54) is 32.1 Å². The molecule has 0 radical (unpaired) electrons. The van der Waals surface area contributed by atoms with Crippen molar-refractivity contribution in [2.45, 2.75) is 58.3 Å². The smallest absolute Gasteiger partial charge is 0.339 e. The number of aromatic carboxylic acids is 1. The molecule has 0 aliphatic carbocycles. The van der Waals surface area contributed by atoms with Crippen molar-refractivity contribution in [3.8, 4) is 5.75 Å². The van der Waals surface area contributed by atoms with Gasteiger partial charge in [-0.2, -0.15) is 4.98 Å². The van der Waals surface area contributed by atoms with Crippen LogP contribution in [0.4, 0.5) is 6.01 Å². The Bertz CT molecular complexity index is 1230. The second-order valence-corrected chi connectivity index (χ2v) is 9.28. The lowest BCUT2D eigenvalue weighted by atomic mass is 10.1. The highest BCUT2D eigenvalue weighted by Crippen LogP contribution is 2.27. The Balaban J connectivity index is 1.33. The van der Waals surface area contributed by atoms with Crippen molar-refractivity contribution >= 4 is 33.9 Å². The molecule has 0 fully saturated rings. The van der Waals surface area contributed by atoms with Gasteiger partial charge in [0.05, 0.1) is 6.61 Å². The predicted molar refractivity (Wildman–Crippen MR) is 145 cm³/mol. The number of rotatable bonds is 15. The highest BCUT2D eigenvalue weighted by molar-refractivity contribution is 5.97. The molecule has 0 saturated carbocycles. The Labute approximate surface area is 212 Å². The average molecular weight is 489 g/mol. The molecule has 1 aromatic heterocycles. The molecule has 4 aromatic rings. The van der Waals surface area contributed by atoms with Crippen molar-refractivity contribution in [3.05, 3.63) is 66.2 Å². The molecular formula is C30H36N2O4. The van der Waals surface area contributed by atoms with Crippen LogP contribution in [0.5, 0.6) is 5.75 Å². The van der Waals surface area contributed by atoms with E-state index in [2.05, 4.69) is 11.8 Å². The molecule has 0 bridgehead atoms. The van der Waals surface area contributed by atoms with Crippen molar-refractivity contribution < 1.29 is 19.1 Å². The summed E-state index contributed by atoms with van der Waals surface area (Å²) >= 11 is 0. The fraction of sp³-hybridized carbons (Fsp3) is 0.400. The van der Waals surface area contributed by atoms with Gasteiger partial charge in [0.15, 0.2) is 5.58 Å². The molecule has 190 valence electrons. The molecule has 1 N–H and O–H groups in total. The van der Waals surface area contributed by atoms with Gasteiger partial charge < -0.3 is 19.2 Å². The zero-order chi connectivity index (χ0) is 25.2. The van der Waals surface area contributed by atoms with Crippen molar-refractivity contribution in [1.82, 2.24) is 4.98 Å². The SMILES string of the molecule is CCCCCCCCN(CCCCOc1cc2ccccc2cc1C(=O)O)c1nc2ccccc2o1. The zero-order valence-electron chi connectivity index (χ0n) is 21.1. The molecule has 0 unspecified atom stereocenters. The third kappa shape index (κ3) is 6.78. The van der Waals surface area contributed by atoms with Gasteiger partial charge in [-0.25, -0.2) is 4.79 Å². The van der Waals surface area contributed by atoms with Crippen molar-refractivity contribution in [2.75, 3.05) is 24.6 Å². The number of carboxylic acids is 1. The van der Waals surface area contributed by atoms with E-state index >= 15 is 0 Å². The maximum Gasteiger partial charge on any atom is 0.339 e. The molecule has 0 aliphatic rings. The first kappa shape index (κ1) is 25.5. The van der Waals surface area contributed by atoms with Crippen LogP contribution in [-0.2, 0) is 0 Å². The molecule has 0 spiro atoms. The first-order valence-electron chi connectivity index (χ1n) is 13.1. The van der Waals surface area contributed by atoms with Gasteiger partial charge >= 0.3 is 5.97 Å². The molecule has 0 saturated heterocycles. The first-order valence-corrected chi connectivity index (χ1v) is 13.1. The molecule has 0 amide bonds. The Morgan fingerprint density at radius 2 is 1.56 bits per heavy atom. The van der Waals surface area contributed by atoms with E-state index < -0.39 is 5.97 Å². The van der Waals surface area contributed by atoms with Crippen LogP contribution < -0.4 is 9.64 Å². The molecule has 1 heterocycles. The van der Waals surface area contributed by atoms with Crippen molar-refractivity contribution in [3.63, 3.8) is 0 Å². The second kappa shape index (κ2) is 13.0. The lowest BCUT2D eigenvalue weighted by Gasteiger charge is -2.20. The number of unbranched alkanes of at least 4 members (excludes halogenated alkanes) is 6. The van der Waals surface area contributed by atoms with Crippen LogP contribution in [0.3, 0.4) is 0 Å². The normalized spacial score (nSPS) is 11.2. The minimum atomic E-state index is -0.975. The summed E-state index contributed by atoms with van der Waals surface area (Å²) in [5, 5.41) is 11.5. The number of para-hydroxylation sites is 2. The van der Waals surface area contributed by atoms with Gasteiger partial charge in [0, 0.05) is 13.1 Å². The topological polar surface area (TPSA) is 75.8 Å². The number of fused-ring (bicyclic) bond motifs is 2. The molecule has 3 aromatic carbocycles. The van der Waals surface area contributed by atoms with Crippen LogP contribution in [0.15, 0.2) is 65.1 Å². The summed E-state index contributed by atoms with van der Waals surface area (Å²) in [6.45, 7) is 4.42. The molecule has 0 aliphatic heterocycles. The highest BCUT2D eigenvalue weighted by Gasteiger charge is 2.15. The Kier molecular flexibility index (Phi) is 9.20. The Morgan fingerprint density at radius 3 is 2.31 bits per heavy atom. The van der Waals surface area contributed by atoms with E-state index in [1.54, 1.807) is 6.07 Å². The number of carboxylic acid groups (broad SMARTS) is 1. The number of nitrogens with zero attached hydrogens (tertiary/aromatic N) is 2. The van der Waals surface area contributed by atoms with Gasteiger partial charge in [0.1, 0.15) is 16.8 Å². The maximum absolute atomic E-state index is 11.8. The van der Waals surface area contributed by atoms with E-state index in [1.807, 2.05) is 54.6 Å². The van der Waals surface area contributed by atoms with Crippen molar-refractivity contribution in [1.29, 1.82) is 0 Å². The number of anilines is 1. The Morgan fingerprint density at radius 1 is 0.889 bits per heavy atom. The summed E-state index contributed by atoms with van der Waals surface area (Å²) in [7, 11) is 0. The van der Waals surface area contributed by atoms with Crippen molar-refractivity contribution in [2.24, 2.45) is 0 Å². The predicted octanol–water partition coefficient (Wildman–Crippen LogP) is 7.71. The third-order valence-corrected chi connectivity index (χ3v) is 6.49. The third-order valence-electron chi connectivity index (χ3n) is 6.49. The maximum atomic E-state index is 11.8. The molecular weight excluding hydrogens is 452 g/mol. The van der Waals surface area contributed by atoms with E-state index in [0.717, 1.165) is 54.2 Å². The molecule has 4 rings (SSSR count). The number of hydrogen-bond donors (Lipinski definition) is 1. The number of oxazole rings is 1. The van der Waals surface area contributed by atoms with Crippen LogP contribution in [-0.4, -0.2) is 35.8 Å². The fourth-order valence-electron chi connectivity index (χ4n) is 4.47. The summed E-state index contributed by atoms with van der Waals surface area (Å²) in [5.41, 5.74) is 1.88. The van der Waals surface area contributed by atoms with Crippen LogP contribution >= 0.6 is 0 Å². The quantitative estimate of drug-likeness (QED) is 0.173. The standard InChI is InChI=1S/C30H36N2O4/c1-2-3-4-5-6-11-18-32(30-31-26-16-9-10-17-27(26)36-30)19-12-13-20-35-28-22-24-15-8-7-14-23(24)21-25(28)29(33)34/h7-10,14-17,21-22H,2-6,11-13,18-20H2,1H3,(H,33,34). The summed E-state index contributed by atoms with van der Waals surface area (Å²) in [4.78, 5) is 18.7. The Hall–Kier alpha value is -3.54. The summed E-state index contributed by atoms with van der Waals surface area (Å²) in [6.07, 6.45) is 9.13. The van der Waals surface area contributed by atoms with Gasteiger partial charge in [-0.3, -0.25) is 0 Å². The highest BCUT2D eigenvalue weighted by atomic mass is 16.5. The van der Waals surface area contributed by atoms with E-state index in [9.17, 15) is 9.90 Å². The van der Waals surface area contributed by atoms with Gasteiger partial charge in [-0.05, 0) is 54.3 Å². The van der Waals surface area contributed by atoms with Crippen LogP contribution in [0.25, 0.3) is 21.9 Å². The number of ether oxygens (including phenoxy) is 1. The average Bonchev–Trinajstić information content (AvgIpc) is 3.33. The lowest BCUT2D eigenvalue weighted by molar-refractivity contribution is 0.0692. The minimum absolute atomic E-state index is 0.199. The van der Waals surface area contributed by atoms with E-state index in [-0.39, 0.29) is 5.56 Å². The number of aromatic nitrogens is 1. The van der Waals surface area contributed by atoms with Crippen LogP contribution in [0, 0.1) is 0 Å². The van der Waals surface area contributed by atoms with E-state index in [0.29, 0.717) is 18.4 Å². The second-order valence-electron chi connectivity index (χ2n) is 9.28. The minimum Gasteiger partial charge on any atom is -0.493 e. The van der Waals surface area contributed by atoms with Gasteiger partial charge in [0.25, 0.3) is 6.01 Å². The molecule has 0 atom stereocenters. The monoisotopic (exact) mass is 488 g/mol. The first-order chi connectivity index (χ1) is 17.7. The number of benzene rings is 3. The molecule has 6 heteroatoms. The molecule has 36 heavy (non-hydrogen) atoms. The zero-order valence-corrected chi connectivity index (χ0v) is 21.1. The van der Waals surface area contributed by atoms with Crippen LogP contribution in [0.1, 0.15) is 68.6 Å². The van der Waals surface area contributed by atoms with E-state index in [4.69, 9.17) is 14.1 Å². The van der Waals surface area contributed by atoms with Gasteiger partial charge in [0.2, 0.25) is 0 Å². The summed E-state index contributed by atoms with van der Waals surface area (Å²) in [5.74, 6) is -0.555. The fourth-order valence-corrected chi connectivity index (χ4v) is 4.47. The summed E-state index contributed by atoms with van der Waals surface area (Å²) < 4.78 is 12.0. The van der Waals surface area contributed by atoms with Gasteiger partial charge in [-0.15, -0.1) is 0 Å². The summed E-state index contributed by atoms with van der Waals surface area (Å²) in [6, 6.07) is 19.8. The number of carbonyl (C=O) groups is 1. The van der Waals surface area contributed by atoms with Gasteiger partial charge in [-0.1, -0.05) is 75.4 Å². The largest absolute Gasteiger partial charge is 0.493 e. The number of hydrogen-bond acceptors (Lipinski definition) is 5. The van der Waals surface area contributed by atoms with Crippen LogP contribution in [0.2, 0.25) is 0 Å².